The van der Waals surface area contributed by atoms with E-state index >= 15 is 0 Å². The van der Waals surface area contributed by atoms with Crippen LogP contribution in [-0.2, 0) is 28.6 Å². The first-order chi connectivity index (χ1) is 27.2. The molecule has 1 atom stereocenters. The van der Waals surface area contributed by atoms with Gasteiger partial charge in [0.05, 0.1) is 0 Å². The molecule has 6 heteroatoms. The summed E-state index contributed by atoms with van der Waals surface area (Å²) >= 11 is 0. The molecule has 0 saturated carbocycles. The van der Waals surface area contributed by atoms with E-state index in [1.807, 2.05) is 0 Å². The number of rotatable bonds is 44. The van der Waals surface area contributed by atoms with Crippen molar-refractivity contribution < 1.29 is 28.6 Å². The van der Waals surface area contributed by atoms with Gasteiger partial charge in [-0.3, -0.25) is 14.4 Å². The van der Waals surface area contributed by atoms with E-state index < -0.39 is 6.10 Å². The van der Waals surface area contributed by atoms with Crippen LogP contribution in [0.4, 0.5) is 0 Å². The highest BCUT2D eigenvalue weighted by atomic mass is 16.6. The van der Waals surface area contributed by atoms with Crippen molar-refractivity contribution in [3.8, 4) is 0 Å². The van der Waals surface area contributed by atoms with E-state index in [-0.39, 0.29) is 31.1 Å². The maximum atomic E-state index is 12.7. The van der Waals surface area contributed by atoms with Gasteiger partial charge in [0.1, 0.15) is 13.2 Å². The van der Waals surface area contributed by atoms with Gasteiger partial charge in [-0.25, -0.2) is 0 Å². The first kappa shape index (κ1) is 54.4. The summed E-state index contributed by atoms with van der Waals surface area (Å²) in [4.78, 5) is 37.8. The van der Waals surface area contributed by atoms with Gasteiger partial charge in [-0.05, 0) is 31.1 Å². The molecule has 0 aromatic heterocycles. The molecule has 0 heterocycles. The molecule has 0 aromatic carbocycles. The Morgan fingerprint density at radius 2 is 0.589 bits per heavy atom. The summed E-state index contributed by atoms with van der Waals surface area (Å²) in [5.74, 6) is 0.752. The van der Waals surface area contributed by atoms with Gasteiger partial charge in [0.25, 0.3) is 0 Å². The second-order valence-corrected chi connectivity index (χ2v) is 18.1. The molecule has 0 aliphatic rings. The Morgan fingerprint density at radius 1 is 0.339 bits per heavy atom. The Kier molecular flexibility index (Phi) is 41.8. The Hall–Kier alpha value is -1.59. The van der Waals surface area contributed by atoms with Crippen LogP contribution in [0, 0.1) is 11.8 Å². The van der Waals surface area contributed by atoms with Gasteiger partial charge in [0.15, 0.2) is 6.10 Å². The molecule has 0 fully saturated rings. The third-order valence-electron chi connectivity index (χ3n) is 11.2. The highest BCUT2D eigenvalue weighted by molar-refractivity contribution is 5.71. The Balaban J connectivity index is 4.26. The van der Waals surface area contributed by atoms with Gasteiger partial charge in [0.2, 0.25) is 0 Å². The third kappa shape index (κ3) is 43.5. The predicted molar refractivity (Wildman–Crippen MR) is 238 cm³/mol. The Morgan fingerprint density at radius 3 is 0.875 bits per heavy atom. The van der Waals surface area contributed by atoms with Gasteiger partial charge in [-0.15, -0.1) is 0 Å². The second-order valence-electron chi connectivity index (χ2n) is 18.1. The van der Waals surface area contributed by atoms with E-state index in [9.17, 15) is 14.4 Å². The Labute approximate surface area is 348 Å². The maximum absolute atomic E-state index is 12.7. The molecule has 6 nitrogen and oxygen atoms in total. The molecule has 0 radical (unpaired) electrons. The number of unbranched alkanes of at least 4 members (excludes halogenated alkanes) is 29. The summed E-state index contributed by atoms with van der Waals surface area (Å²) in [6.07, 6.45) is 42.4. The lowest BCUT2D eigenvalue weighted by molar-refractivity contribution is -0.167. The zero-order chi connectivity index (χ0) is 41.2. The fourth-order valence-corrected chi connectivity index (χ4v) is 7.46. The van der Waals surface area contributed by atoms with Crippen LogP contribution in [0.15, 0.2) is 0 Å². The van der Waals surface area contributed by atoms with E-state index in [2.05, 4.69) is 34.6 Å². The summed E-state index contributed by atoms with van der Waals surface area (Å²) in [5, 5.41) is 0. The molecule has 0 aliphatic heterocycles. The summed E-state index contributed by atoms with van der Waals surface area (Å²) in [5.41, 5.74) is 0. The molecular weight excluding hydrogens is 697 g/mol. The lowest BCUT2D eigenvalue weighted by atomic mass is 10.0. The van der Waals surface area contributed by atoms with E-state index in [4.69, 9.17) is 14.2 Å². The van der Waals surface area contributed by atoms with Crippen molar-refractivity contribution in [3.05, 3.63) is 0 Å². The average molecular weight is 793 g/mol. The first-order valence-electron chi connectivity index (χ1n) is 24.7. The average Bonchev–Trinajstić information content (AvgIpc) is 3.16. The standard InChI is InChI=1S/C50H96O6/c1-6-7-8-9-10-11-12-18-22-25-32-37-42-50(53)56-47(44-55-49(52)41-36-31-27-26-29-34-39-46(4)5)43-54-48(51)40-35-30-24-21-19-16-14-13-15-17-20-23-28-33-38-45(2)3/h45-47H,6-44H2,1-5H3/t47-/m1/s1. The van der Waals surface area contributed by atoms with Gasteiger partial charge in [-0.2, -0.15) is 0 Å². The van der Waals surface area contributed by atoms with E-state index in [1.54, 1.807) is 0 Å². The smallest absolute Gasteiger partial charge is 0.306 e. The summed E-state index contributed by atoms with van der Waals surface area (Å²) in [7, 11) is 0. The van der Waals surface area contributed by atoms with Crippen LogP contribution >= 0.6 is 0 Å². The minimum atomic E-state index is -0.761. The second kappa shape index (κ2) is 43.0. The number of carbonyl (C=O) groups excluding carboxylic acids is 3. The zero-order valence-electron chi connectivity index (χ0n) is 38.3. The van der Waals surface area contributed by atoms with Crippen LogP contribution in [0.5, 0.6) is 0 Å². The van der Waals surface area contributed by atoms with Gasteiger partial charge < -0.3 is 14.2 Å². The highest BCUT2D eigenvalue weighted by Crippen LogP contribution is 2.17. The SMILES string of the molecule is CCCCCCCCCCCCCCC(=O)O[C@H](COC(=O)CCCCCCCCCCCCCCCCC(C)C)COC(=O)CCCCCCCCC(C)C. The van der Waals surface area contributed by atoms with Crippen molar-refractivity contribution in [2.45, 2.75) is 278 Å². The minimum Gasteiger partial charge on any atom is -0.462 e. The summed E-state index contributed by atoms with van der Waals surface area (Å²) in [6, 6.07) is 0. The van der Waals surface area contributed by atoms with Crippen LogP contribution in [-0.4, -0.2) is 37.2 Å². The number of esters is 3. The van der Waals surface area contributed by atoms with Crippen molar-refractivity contribution in [2.24, 2.45) is 11.8 Å². The van der Waals surface area contributed by atoms with Crippen molar-refractivity contribution in [1.82, 2.24) is 0 Å². The molecule has 0 spiro atoms. The highest BCUT2D eigenvalue weighted by Gasteiger charge is 2.19. The molecule has 0 bridgehead atoms. The number of carbonyl (C=O) groups is 3. The van der Waals surface area contributed by atoms with Crippen LogP contribution in [0.1, 0.15) is 272 Å². The zero-order valence-corrected chi connectivity index (χ0v) is 38.3. The van der Waals surface area contributed by atoms with E-state index in [0.717, 1.165) is 69.6 Å². The molecule has 56 heavy (non-hydrogen) atoms. The quantitative estimate of drug-likeness (QED) is 0.0347. The van der Waals surface area contributed by atoms with E-state index in [0.29, 0.717) is 19.3 Å². The number of ether oxygens (including phenoxy) is 3. The Bertz CT molecular complexity index is 854. The van der Waals surface area contributed by atoms with Crippen LogP contribution in [0.25, 0.3) is 0 Å². The van der Waals surface area contributed by atoms with Crippen LogP contribution < -0.4 is 0 Å². The van der Waals surface area contributed by atoms with Crippen molar-refractivity contribution in [2.75, 3.05) is 13.2 Å². The largest absolute Gasteiger partial charge is 0.462 e. The fourth-order valence-electron chi connectivity index (χ4n) is 7.46. The van der Waals surface area contributed by atoms with Gasteiger partial charge >= 0.3 is 17.9 Å². The summed E-state index contributed by atoms with van der Waals surface area (Å²) < 4.78 is 16.7. The molecule has 0 unspecified atom stereocenters. The molecule has 0 N–H and O–H groups in total. The number of hydrogen-bond donors (Lipinski definition) is 0. The third-order valence-corrected chi connectivity index (χ3v) is 11.2. The minimum absolute atomic E-state index is 0.0647. The van der Waals surface area contributed by atoms with Crippen molar-refractivity contribution in [1.29, 1.82) is 0 Å². The molecule has 332 valence electrons. The fraction of sp³-hybridized carbons (Fsp3) is 0.940. The number of hydrogen-bond acceptors (Lipinski definition) is 6. The topological polar surface area (TPSA) is 78.9 Å². The summed E-state index contributed by atoms with van der Waals surface area (Å²) in [6.45, 7) is 11.3. The van der Waals surface area contributed by atoms with E-state index in [1.165, 1.54) is 161 Å². The molecule has 0 rings (SSSR count). The molecule has 0 amide bonds. The normalized spacial score (nSPS) is 12.1. The van der Waals surface area contributed by atoms with Crippen molar-refractivity contribution in [3.63, 3.8) is 0 Å². The molecular formula is C50H96O6. The van der Waals surface area contributed by atoms with Gasteiger partial charge in [0, 0.05) is 19.3 Å². The first-order valence-corrected chi connectivity index (χ1v) is 24.7. The monoisotopic (exact) mass is 793 g/mol. The van der Waals surface area contributed by atoms with Crippen LogP contribution in [0.3, 0.4) is 0 Å². The molecule has 0 saturated heterocycles. The van der Waals surface area contributed by atoms with Crippen LogP contribution in [0.2, 0.25) is 0 Å². The lowest BCUT2D eigenvalue weighted by Gasteiger charge is -2.18. The molecule has 0 aromatic rings. The van der Waals surface area contributed by atoms with Crippen molar-refractivity contribution >= 4 is 17.9 Å². The lowest BCUT2D eigenvalue weighted by Crippen LogP contribution is -2.30. The van der Waals surface area contributed by atoms with Gasteiger partial charge in [-0.1, -0.05) is 234 Å². The predicted octanol–water partition coefficient (Wildman–Crippen LogP) is 15.8. The molecule has 0 aliphatic carbocycles. The maximum Gasteiger partial charge on any atom is 0.306 e.